The summed E-state index contributed by atoms with van der Waals surface area (Å²) < 4.78 is 28.4. The van der Waals surface area contributed by atoms with Crippen LogP contribution in [0.5, 0.6) is 5.75 Å². The van der Waals surface area contributed by atoms with Crippen molar-refractivity contribution in [1.29, 1.82) is 0 Å². The van der Waals surface area contributed by atoms with Crippen molar-refractivity contribution in [2.75, 3.05) is 27.2 Å². The van der Waals surface area contributed by atoms with Gasteiger partial charge in [0.15, 0.2) is 0 Å². The highest BCUT2D eigenvalue weighted by Gasteiger charge is 2.19. The number of alkyl halides is 2. The normalized spacial score (nSPS) is 11.8. The topological polar surface area (TPSA) is 41.6 Å². The van der Waals surface area contributed by atoms with Gasteiger partial charge in [-0.1, -0.05) is 26.0 Å². The van der Waals surface area contributed by atoms with Crippen LogP contribution in [0.4, 0.5) is 8.78 Å². The van der Waals surface area contributed by atoms with E-state index in [0.717, 1.165) is 12.1 Å². The lowest BCUT2D eigenvalue weighted by molar-refractivity contribution is -0.121. The SMILES string of the molecule is CN(C)CC(C)(C)CNC(=O)CCc1ccc(OC(F)F)cc1. The third-order valence-electron chi connectivity index (χ3n) is 3.30. The van der Waals surface area contributed by atoms with E-state index in [4.69, 9.17) is 0 Å². The zero-order valence-electron chi connectivity index (χ0n) is 14.2. The minimum absolute atomic E-state index is 0.00736. The molecule has 1 aromatic rings. The van der Waals surface area contributed by atoms with Crippen LogP contribution >= 0.6 is 0 Å². The van der Waals surface area contributed by atoms with Crippen molar-refractivity contribution in [3.05, 3.63) is 29.8 Å². The molecule has 1 rings (SSSR count). The van der Waals surface area contributed by atoms with Crippen LogP contribution < -0.4 is 10.1 Å². The van der Waals surface area contributed by atoms with Gasteiger partial charge >= 0.3 is 6.61 Å². The third kappa shape index (κ3) is 8.50. The van der Waals surface area contributed by atoms with Crippen LogP contribution in [0.15, 0.2) is 24.3 Å². The second-order valence-corrected chi connectivity index (χ2v) is 6.70. The van der Waals surface area contributed by atoms with Gasteiger partial charge in [-0.3, -0.25) is 4.79 Å². The Morgan fingerprint density at radius 3 is 2.39 bits per heavy atom. The van der Waals surface area contributed by atoms with E-state index in [-0.39, 0.29) is 17.1 Å². The molecule has 0 bridgehead atoms. The molecular formula is C17H26F2N2O2. The molecule has 23 heavy (non-hydrogen) atoms. The van der Waals surface area contributed by atoms with Gasteiger partial charge in [0.1, 0.15) is 5.75 Å². The number of rotatable bonds is 9. The van der Waals surface area contributed by atoms with Crippen LogP contribution in [0.1, 0.15) is 25.8 Å². The largest absolute Gasteiger partial charge is 0.435 e. The fraction of sp³-hybridized carbons (Fsp3) is 0.588. The number of benzene rings is 1. The number of nitrogens with zero attached hydrogens (tertiary/aromatic N) is 1. The van der Waals surface area contributed by atoms with Crippen molar-refractivity contribution in [2.24, 2.45) is 5.41 Å². The molecule has 0 unspecified atom stereocenters. The van der Waals surface area contributed by atoms with Gasteiger partial charge in [-0.25, -0.2) is 0 Å². The van der Waals surface area contributed by atoms with E-state index in [0.29, 0.717) is 19.4 Å². The number of ether oxygens (including phenoxy) is 1. The van der Waals surface area contributed by atoms with Gasteiger partial charge in [0.05, 0.1) is 0 Å². The number of carbonyl (C=O) groups excluding carboxylic acids is 1. The molecule has 130 valence electrons. The maximum atomic E-state index is 12.1. The van der Waals surface area contributed by atoms with E-state index in [1.54, 1.807) is 12.1 Å². The van der Waals surface area contributed by atoms with Gasteiger partial charge in [0.25, 0.3) is 0 Å². The van der Waals surface area contributed by atoms with Gasteiger partial charge in [-0.15, -0.1) is 0 Å². The number of hydrogen-bond acceptors (Lipinski definition) is 3. The Morgan fingerprint density at radius 1 is 1.26 bits per heavy atom. The van der Waals surface area contributed by atoms with Crippen molar-refractivity contribution >= 4 is 5.91 Å². The van der Waals surface area contributed by atoms with Gasteiger partial charge in [0, 0.05) is 19.5 Å². The summed E-state index contributed by atoms with van der Waals surface area (Å²) in [6, 6.07) is 6.36. The highest BCUT2D eigenvalue weighted by atomic mass is 19.3. The number of carbonyl (C=O) groups is 1. The molecule has 0 saturated heterocycles. The van der Waals surface area contributed by atoms with E-state index in [2.05, 4.69) is 28.8 Å². The van der Waals surface area contributed by atoms with E-state index in [9.17, 15) is 13.6 Å². The predicted octanol–water partition coefficient (Wildman–Crippen LogP) is 2.92. The molecule has 1 aromatic carbocycles. The van der Waals surface area contributed by atoms with Gasteiger partial charge < -0.3 is 15.0 Å². The first-order valence-electron chi connectivity index (χ1n) is 7.63. The molecule has 0 saturated carbocycles. The van der Waals surface area contributed by atoms with E-state index >= 15 is 0 Å². The molecule has 0 radical (unpaired) electrons. The lowest BCUT2D eigenvalue weighted by atomic mass is 9.93. The Hall–Kier alpha value is -1.69. The fourth-order valence-electron chi connectivity index (χ4n) is 2.43. The molecule has 0 fully saturated rings. The zero-order valence-corrected chi connectivity index (χ0v) is 14.2. The van der Waals surface area contributed by atoms with E-state index in [1.807, 2.05) is 14.1 Å². The van der Waals surface area contributed by atoms with Gasteiger partial charge in [-0.2, -0.15) is 8.78 Å². The third-order valence-corrected chi connectivity index (χ3v) is 3.30. The molecule has 0 spiro atoms. The first kappa shape index (κ1) is 19.4. The Kier molecular flexibility index (Phi) is 7.42. The number of halogens is 2. The van der Waals surface area contributed by atoms with Crippen LogP contribution in [0.2, 0.25) is 0 Å². The van der Waals surface area contributed by atoms with Crippen molar-refractivity contribution in [1.82, 2.24) is 10.2 Å². The second-order valence-electron chi connectivity index (χ2n) is 6.70. The maximum Gasteiger partial charge on any atom is 0.387 e. The van der Waals surface area contributed by atoms with Crippen LogP contribution in [0.3, 0.4) is 0 Å². The van der Waals surface area contributed by atoms with Crippen molar-refractivity contribution in [3.63, 3.8) is 0 Å². The summed E-state index contributed by atoms with van der Waals surface area (Å²) in [5, 5.41) is 2.95. The average Bonchev–Trinajstić information content (AvgIpc) is 2.42. The number of hydrogen-bond donors (Lipinski definition) is 1. The van der Waals surface area contributed by atoms with Crippen LogP contribution in [-0.4, -0.2) is 44.6 Å². The number of aryl methyl sites for hydroxylation is 1. The van der Waals surface area contributed by atoms with Crippen LogP contribution in [0.25, 0.3) is 0 Å². The fourth-order valence-corrected chi connectivity index (χ4v) is 2.43. The molecule has 1 amide bonds. The standard InChI is InChI=1S/C17H26F2N2O2/c1-17(2,12-21(3)4)11-20-15(22)10-7-13-5-8-14(9-6-13)23-16(18)19/h5-6,8-9,16H,7,10-12H2,1-4H3,(H,20,22). The molecule has 4 nitrogen and oxygen atoms in total. The minimum Gasteiger partial charge on any atom is -0.435 e. The molecule has 0 atom stereocenters. The van der Waals surface area contributed by atoms with Crippen LogP contribution in [-0.2, 0) is 11.2 Å². The van der Waals surface area contributed by atoms with Crippen molar-refractivity contribution < 1.29 is 18.3 Å². The lowest BCUT2D eigenvalue weighted by Gasteiger charge is -2.28. The molecule has 0 heterocycles. The van der Waals surface area contributed by atoms with E-state index < -0.39 is 6.61 Å². The Bertz CT molecular complexity index is 488. The Labute approximate surface area is 136 Å². The summed E-state index contributed by atoms with van der Waals surface area (Å²) in [6.07, 6.45) is 0.933. The molecule has 0 aliphatic carbocycles. The first-order valence-corrected chi connectivity index (χ1v) is 7.63. The summed E-state index contributed by atoms with van der Waals surface area (Å²) in [7, 11) is 4.01. The molecule has 1 N–H and O–H groups in total. The van der Waals surface area contributed by atoms with Crippen LogP contribution in [0, 0.1) is 5.41 Å². The maximum absolute atomic E-state index is 12.1. The summed E-state index contributed by atoms with van der Waals surface area (Å²) in [5.74, 6) is 0.114. The minimum atomic E-state index is -2.82. The smallest absolute Gasteiger partial charge is 0.387 e. The molecule has 6 heteroatoms. The molecule has 0 aromatic heterocycles. The summed E-state index contributed by atoms with van der Waals surface area (Å²) >= 11 is 0. The highest BCUT2D eigenvalue weighted by molar-refractivity contribution is 5.76. The second kappa shape index (κ2) is 8.82. The summed E-state index contributed by atoms with van der Waals surface area (Å²) in [6.45, 7) is 2.89. The Morgan fingerprint density at radius 2 is 1.87 bits per heavy atom. The number of amides is 1. The van der Waals surface area contributed by atoms with Crippen molar-refractivity contribution in [2.45, 2.75) is 33.3 Å². The zero-order chi connectivity index (χ0) is 17.5. The monoisotopic (exact) mass is 328 g/mol. The molecule has 0 aliphatic rings. The van der Waals surface area contributed by atoms with Gasteiger partial charge in [0.2, 0.25) is 5.91 Å². The summed E-state index contributed by atoms with van der Waals surface area (Å²) in [4.78, 5) is 14.0. The van der Waals surface area contributed by atoms with E-state index in [1.165, 1.54) is 12.1 Å². The van der Waals surface area contributed by atoms with Gasteiger partial charge in [-0.05, 0) is 43.6 Å². The average molecular weight is 328 g/mol. The highest BCUT2D eigenvalue weighted by Crippen LogP contribution is 2.16. The predicted molar refractivity (Wildman–Crippen MR) is 86.7 cm³/mol. The first-order chi connectivity index (χ1) is 10.7. The molecule has 0 aliphatic heterocycles. The summed E-state index contributed by atoms with van der Waals surface area (Å²) in [5.41, 5.74) is 0.919. The quantitative estimate of drug-likeness (QED) is 0.758. The lowest BCUT2D eigenvalue weighted by Crippen LogP contribution is -2.40. The number of nitrogens with one attached hydrogen (secondary N) is 1. The molecular weight excluding hydrogens is 302 g/mol. The Balaban J connectivity index is 2.35. The van der Waals surface area contributed by atoms with Crippen molar-refractivity contribution in [3.8, 4) is 5.75 Å².